The van der Waals surface area contributed by atoms with Crippen LogP contribution in [0.3, 0.4) is 0 Å². The predicted molar refractivity (Wildman–Crippen MR) is 98.6 cm³/mol. The first-order chi connectivity index (χ1) is 12.9. The maximum absolute atomic E-state index is 13.9. The van der Waals surface area contributed by atoms with Crippen molar-refractivity contribution in [3.05, 3.63) is 89.6 Å². The predicted octanol–water partition coefficient (Wildman–Crippen LogP) is 5.98. The molecule has 27 heavy (non-hydrogen) atoms. The summed E-state index contributed by atoms with van der Waals surface area (Å²) in [5, 5.41) is 0. The van der Waals surface area contributed by atoms with Gasteiger partial charge in [0.15, 0.2) is 5.78 Å². The fourth-order valence-electron chi connectivity index (χ4n) is 3.00. The van der Waals surface area contributed by atoms with Crippen LogP contribution in [0.25, 0.3) is 11.3 Å². The molecule has 0 fully saturated rings. The molecule has 3 aromatic rings. The average Bonchev–Trinajstić information content (AvgIpc) is 2.66. The number of alkyl halides is 3. The van der Waals surface area contributed by atoms with Crippen LogP contribution >= 0.6 is 0 Å². The summed E-state index contributed by atoms with van der Waals surface area (Å²) >= 11 is 0. The largest absolute Gasteiger partial charge is 0.396 e. The number of aryl methyl sites for hydroxylation is 1. The van der Waals surface area contributed by atoms with Gasteiger partial charge in [-0.05, 0) is 24.6 Å². The van der Waals surface area contributed by atoms with Crippen LogP contribution in [-0.4, -0.2) is 16.9 Å². The number of carbonyl (C=O) groups excluding carboxylic acids is 1. The summed E-state index contributed by atoms with van der Waals surface area (Å²) in [5.74, 6) is -2.43. The highest BCUT2D eigenvalue weighted by atomic mass is 19.4. The van der Waals surface area contributed by atoms with Crippen molar-refractivity contribution in [1.82, 2.24) is 4.98 Å². The number of carbonyl (C=O) groups is 1. The normalized spacial score (nSPS) is 12.6. The van der Waals surface area contributed by atoms with Gasteiger partial charge in [0.1, 0.15) is 0 Å². The molecular weight excluding hydrogens is 351 g/mol. The molecule has 3 rings (SSSR count). The van der Waals surface area contributed by atoms with E-state index in [0.717, 1.165) is 5.56 Å². The molecule has 0 bridgehead atoms. The fourth-order valence-corrected chi connectivity index (χ4v) is 3.00. The molecule has 5 heteroatoms. The van der Waals surface area contributed by atoms with Crippen molar-refractivity contribution >= 4 is 5.78 Å². The highest BCUT2D eigenvalue weighted by Gasteiger charge is 2.43. The number of halogens is 3. The minimum Gasteiger partial charge on any atom is -0.294 e. The molecule has 1 unspecified atom stereocenters. The highest BCUT2D eigenvalue weighted by molar-refractivity contribution is 5.96. The van der Waals surface area contributed by atoms with Gasteiger partial charge in [-0.25, -0.2) is 0 Å². The van der Waals surface area contributed by atoms with Gasteiger partial charge in [-0.15, -0.1) is 0 Å². The summed E-state index contributed by atoms with van der Waals surface area (Å²) in [6.45, 7) is 1.86. The molecule has 2 nitrogen and oxygen atoms in total. The number of ketones is 1. The lowest BCUT2D eigenvalue weighted by Crippen LogP contribution is -2.24. The zero-order chi connectivity index (χ0) is 19.4. The number of pyridine rings is 1. The Morgan fingerprint density at radius 3 is 2.26 bits per heavy atom. The van der Waals surface area contributed by atoms with Gasteiger partial charge >= 0.3 is 6.18 Å². The number of benzene rings is 2. The highest BCUT2D eigenvalue weighted by Crippen LogP contribution is 2.41. The van der Waals surface area contributed by atoms with E-state index < -0.39 is 24.3 Å². The number of Topliss-reactive ketones (excluding diaryl/α,β-unsaturated/α-hetero) is 1. The van der Waals surface area contributed by atoms with Crippen molar-refractivity contribution in [2.45, 2.75) is 25.4 Å². The molecule has 0 aliphatic heterocycles. The maximum atomic E-state index is 13.9. The second kappa shape index (κ2) is 7.74. The molecule has 0 amide bonds. The molecule has 0 aliphatic rings. The lowest BCUT2D eigenvalue weighted by Gasteiger charge is -2.22. The summed E-state index contributed by atoms with van der Waals surface area (Å²) < 4.78 is 41.6. The Hall–Kier alpha value is -2.95. The molecule has 2 aromatic carbocycles. The molecule has 0 radical (unpaired) electrons. The molecule has 0 aliphatic carbocycles. The van der Waals surface area contributed by atoms with Crippen LogP contribution in [0.1, 0.15) is 33.8 Å². The number of aromatic nitrogens is 1. The van der Waals surface area contributed by atoms with Gasteiger partial charge in [-0.2, -0.15) is 13.2 Å². The van der Waals surface area contributed by atoms with E-state index in [4.69, 9.17) is 0 Å². The Bertz CT molecular complexity index is 918. The second-order valence-electron chi connectivity index (χ2n) is 6.39. The molecule has 0 saturated carbocycles. The van der Waals surface area contributed by atoms with Gasteiger partial charge in [-0.3, -0.25) is 9.78 Å². The van der Waals surface area contributed by atoms with Crippen LogP contribution in [0, 0.1) is 6.92 Å². The van der Waals surface area contributed by atoms with Gasteiger partial charge < -0.3 is 0 Å². The first-order valence-electron chi connectivity index (χ1n) is 8.53. The zero-order valence-electron chi connectivity index (χ0n) is 14.7. The van der Waals surface area contributed by atoms with Crippen molar-refractivity contribution in [3.63, 3.8) is 0 Å². The Morgan fingerprint density at radius 2 is 1.63 bits per heavy atom. The van der Waals surface area contributed by atoms with Crippen LogP contribution in [0.5, 0.6) is 0 Å². The fraction of sp³-hybridized carbons (Fsp3) is 0.182. The molecular formula is C22H18F3NO. The van der Waals surface area contributed by atoms with Gasteiger partial charge in [0.25, 0.3) is 0 Å². The van der Waals surface area contributed by atoms with E-state index in [1.54, 1.807) is 60.7 Å². The van der Waals surface area contributed by atoms with Crippen molar-refractivity contribution in [2.24, 2.45) is 0 Å². The van der Waals surface area contributed by atoms with Crippen molar-refractivity contribution in [3.8, 4) is 11.3 Å². The number of hydrogen-bond acceptors (Lipinski definition) is 2. The number of rotatable bonds is 5. The minimum absolute atomic E-state index is 0.0594. The van der Waals surface area contributed by atoms with Crippen LogP contribution in [0.15, 0.2) is 72.9 Å². The van der Waals surface area contributed by atoms with Gasteiger partial charge in [0, 0.05) is 23.7 Å². The summed E-state index contributed by atoms with van der Waals surface area (Å²) in [7, 11) is 0. The standard InChI is InChI=1S/C22H18F3NO/c1-15-9-11-16(12-10-15)21(27)14-19(22(23,24)25)17-6-2-3-7-18(17)20-8-4-5-13-26-20/h2-13,19H,14H2,1H3. The lowest BCUT2D eigenvalue weighted by atomic mass is 9.87. The first kappa shape index (κ1) is 18.8. The molecule has 0 N–H and O–H groups in total. The SMILES string of the molecule is Cc1ccc(C(=O)CC(c2ccccc2-c2ccccn2)C(F)(F)F)cc1. The topological polar surface area (TPSA) is 30.0 Å². The van der Waals surface area contributed by atoms with Gasteiger partial charge in [-0.1, -0.05) is 60.2 Å². The molecule has 0 spiro atoms. The monoisotopic (exact) mass is 369 g/mol. The van der Waals surface area contributed by atoms with Crippen LogP contribution in [0.2, 0.25) is 0 Å². The van der Waals surface area contributed by atoms with Crippen LogP contribution in [-0.2, 0) is 0 Å². The minimum atomic E-state index is -4.55. The molecule has 0 saturated heterocycles. The molecule has 1 atom stereocenters. The zero-order valence-corrected chi connectivity index (χ0v) is 14.7. The van der Waals surface area contributed by atoms with E-state index in [1.807, 2.05) is 6.92 Å². The van der Waals surface area contributed by atoms with E-state index in [9.17, 15) is 18.0 Å². The number of nitrogens with zero attached hydrogens (tertiary/aromatic N) is 1. The van der Waals surface area contributed by atoms with Crippen LogP contribution < -0.4 is 0 Å². The Labute approximate surface area is 155 Å². The maximum Gasteiger partial charge on any atom is 0.396 e. The van der Waals surface area contributed by atoms with E-state index in [1.165, 1.54) is 12.3 Å². The van der Waals surface area contributed by atoms with E-state index in [0.29, 0.717) is 11.3 Å². The van der Waals surface area contributed by atoms with Crippen LogP contribution in [0.4, 0.5) is 13.2 Å². The smallest absolute Gasteiger partial charge is 0.294 e. The average molecular weight is 369 g/mol. The van der Waals surface area contributed by atoms with Crippen molar-refractivity contribution < 1.29 is 18.0 Å². The molecule has 1 aromatic heterocycles. The molecule has 1 heterocycles. The lowest BCUT2D eigenvalue weighted by molar-refractivity contribution is -0.149. The third kappa shape index (κ3) is 4.42. The summed E-state index contributed by atoms with van der Waals surface area (Å²) in [6.07, 6.45) is -3.66. The van der Waals surface area contributed by atoms with E-state index >= 15 is 0 Å². The quantitative estimate of drug-likeness (QED) is 0.518. The Morgan fingerprint density at radius 1 is 0.963 bits per heavy atom. The number of hydrogen-bond donors (Lipinski definition) is 0. The van der Waals surface area contributed by atoms with Gasteiger partial charge in [0.2, 0.25) is 0 Å². The third-order valence-corrected chi connectivity index (χ3v) is 4.44. The Balaban J connectivity index is 2.00. The second-order valence-corrected chi connectivity index (χ2v) is 6.39. The van der Waals surface area contributed by atoms with E-state index in [-0.39, 0.29) is 11.1 Å². The van der Waals surface area contributed by atoms with Crippen molar-refractivity contribution in [2.75, 3.05) is 0 Å². The third-order valence-electron chi connectivity index (χ3n) is 4.44. The first-order valence-corrected chi connectivity index (χ1v) is 8.53. The van der Waals surface area contributed by atoms with Gasteiger partial charge in [0.05, 0.1) is 11.6 Å². The van der Waals surface area contributed by atoms with E-state index in [2.05, 4.69) is 4.98 Å². The summed E-state index contributed by atoms with van der Waals surface area (Å²) in [4.78, 5) is 16.7. The summed E-state index contributed by atoms with van der Waals surface area (Å²) in [5.41, 5.74) is 2.12. The Kier molecular flexibility index (Phi) is 5.40. The summed E-state index contributed by atoms with van der Waals surface area (Å²) in [6, 6.07) is 17.9. The van der Waals surface area contributed by atoms with Crippen molar-refractivity contribution in [1.29, 1.82) is 0 Å². The molecule has 138 valence electrons.